The number of halogens is 4. The van der Waals surface area contributed by atoms with Gasteiger partial charge in [0.1, 0.15) is 5.52 Å². The molecule has 2 heterocycles. The lowest BCUT2D eigenvalue weighted by atomic mass is 9.95. The molecule has 0 saturated heterocycles. The van der Waals surface area contributed by atoms with Crippen LogP contribution in [0.15, 0.2) is 24.4 Å². The van der Waals surface area contributed by atoms with Crippen molar-refractivity contribution in [3.8, 4) is 0 Å². The van der Waals surface area contributed by atoms with Crippen molar-refractivity contribution >= 4 is 40.3 Å². The van der Waals surface area contributed by atoms with E-state index in [0.29, 0.717) is 23.1 Å². The summed E-state index contributed by atoms with van der Waals surface area (Å²) in [6.07, 6.45) is 6.98. The van der Waals surface area contributed by atoms with E-state index in [1.165, 1.54) is 25.3 Å². The number of rotatable bonds is 5. The molecule has 1 aromatic carbocycles. The molecule has 3 aromatic rings. The Balaban J connectivity index is 1.55. The molecular formula is C24H28ClF3N6. The van der Waals surface area contributed by atoms with E-state index in [4.69, 9.17) is 16.6 Å². The first-order valence-corrected chi connectivity index (χ1v) is 12.3. The lowest BCUT2D eigenvalue weighted by Gasteiger charge is -2.26. The molecule has 34 heavy (non-hydrogen) atoms. The molecule has 10 heteroatoms. The number of alkyl halides is 3. The maximum absolute atomic E-state index is 13.3. The predicted octanol–water partition coefficient (Wildman–Crippen LogP) is 7.49. The zero-order valence-corrected chi connectivity index (χ0v) is 19.8. The van der Waals surface area contributed by atoms with Gasteiger partial charge in [0.25, 0.3) is 0 Å². The van der Waals surface area contributed by atoms with Crippen LogP contribution in [0.3, 0.4) is 0 Å². The molecule has 0 aliphatic heterocycles. The maximum Gasteiger partial charge on any atom is 0.416 e. The van der Waals surface area contributed by atoms with Crippen LogP contribution in [0.1, 0.15) is 76.3 Å². The third-order valence-corrected chi connectivity index (χ3v) is 7.19. The van der Waals surface area contributed by atoms with Crippen LogP contribution in [0.2, 0.25) is 5.02 Å². The number of anilines is 3. The molecular weight excluding hydrogens is 465 g/mol. The molecule has 0 radical (unpaired) electrons. The van der Waals surface area contributed by atoms with Gasteiger partial charge in [0.2, 0.25) is 11.9 Å². The fourth-order valence-corrected chi connectivity index (χ4v) is 5.46. The zero-order chi connectivity index (χ0) is 23.9. The second kappa shape index (κ2) is 8.91. The highest BCUT2D eigenvalue weighted by Gasteiger charge is 2.32. The largest absolute Gasteiger partial charge is 0.416 e. The number of benzene rings is 1. The van der Waals surface area contributed by atoms with Gasteiger partial charge in [-0.3, -0.25) is 4.57 Å². The van der Waals surface area contributed by atoms with Crippen LogP contribution in [0.4, 0.5) is 30.8 Å². The van der Waals surface area contributed by atoms with Crippen LogP contribution in [-0.4, -0.2) is 25.1 Å². The van der Waals surface area contributed by atoms with Crippen molar-refractivity contribution in [2.75, 3.05) is 10.6 Å². The average Bonchev–Trinajstić information content (AvgIpc) is 3.36. The van der Waals surface area contributed by atoms with Crippen LogP contribution in [0.5, 0.6) is 0 Å². The number of nitrogens with one attached hydrogen (secondary N) is 2. The van der Waals surface area contributed by atoms with Crippen LogP contribution < -0.4 is 10.6 Å². The minimum Gasteiger partial charge on any atom is -0.349 e. The van der Waals surface area contributed by atoms with Crippen LogP contribution >= 0.6 is 11.6 Å². The summed E-state index contributed by atoms with van der Waals surface area (Å²) >= 11 is 6.01. The molecule has 0 spiro atoms. The highest BCUT2D eigenvalue weighted by atomic mass is 35.5. The van der Waals surface area contributed by atoms with Gasteiger partial charge in [-0.1, -0.05) is 43.7 Å². The SMILES string of the molecule is CC1(Nc2ncc3nc(Nc4cc(Cl)cc(C(F)(F)F)c4)n(C4CCCCC4)c3n2)CCCC1. The number of aromatic nitrogens is 4. The van der Waals surface area contributed by atoms with E-state index in [9.17, 15) is 13.2 Å². The Morgan fingerprint density at radius 1 is 1.03 bits per heavy atom. The second-order valence-electron chi connectivity index (χ2n) is 9.74. The molecule has 182 valence electrons. The molecule has 0 atom stereocenters. The number of hydrogen-bond acceptors (Lipinski definition) is 5. The number of hydrogen-bond donors (Lipinski definition) is 2. The van der Waals surface area contributed by atoms with E-state index >= 15 is 0 Å². The van der Waals surface area contributed by atoms with Crippen LogP contribution in [0.25, 0.3) is 11.2 Å². The molecule has 2 aromatic heterocycles. The summed E-state index contributed by atoms with van der Waals surface area (Å²) < 4.78 is 42.0. The molecule has 2 fully saturated rings. The fourth-order valence-electron chi connectivity index (χ4n) is 5.23. The van der Waals surface area contributed by atoms with Crippen molar-refractivity contribution < 1.29 is 13.2 Å². The van der Waals surface area contributed by atoms with E-state index in [1.807, 2.05) is 4.57 Å². The highest BCUT2D eigenvalue weighted by molar-refractivity contribution is 6.31. The molecule has 0 unspecified atom stereocenters. The first-order valence-electron chi connectivity index (χ1n) is 11.9. The third kappa shape index (κ3) is 4.80. The third-order valence-electron chi connectivity index (χ3n) is 6.97. The van der Waals surface area contributed by atoms with E-state index in [2.05, 4.69) is 27.5 Å². The van der Waals surface area contributed by atoms with Gasteiger partial charge >= 0.3 is 6.18 Å². The van der Waals surface area contributed by atoms with Crippen molar-refractivity contribution in [3.63, 3.8) is 0 Å². The maximum atomic E-state index is 13.3. The summed E-state index contributed by atoms with van der Waals surface area (Å²) in [6.45, 7) is 2.19. The second-order valence-corrected chi connectivity index (χ2v) is 10.2. The van der Waals surface area contributed by atoms with Crippen molar-refractivity contribution in [2.24, 2.45) is 0 Å². The lowest BCUT2D eigenvalue weighted by Crippen LogP contribution is -2.31. The standard InChI is InChI=1S/C24H28ClF3N6/c1-23(9-5-6-10-23)33-21-29-14-19-20(32-21)34(18-7-3-2-4-8-18)22(31-19)30-17-12-15(24(26,27)28)11-16(25)13-17/h11-14,18H,2-10H2,1H3,(H,30,31)(H,29,32,33). The van der Waals surface area contributed by atoms with Gasteiger partial charge in [-0.15, -0.1) is 0 Å². The van der Waals surface area contributed by atoms with Crippen molar-refractivity contribution in [1.29, 1.82) is 0 Å². The summed E-state index contributed by atoms with van der Waals surface area (Å²) in [5, 5.41) is 6.60. The molecule has 0 amide bonds. The summed E-state index contributed by atoms with van der Waals surface area (Å²) in [7, 11) is 0. The van der Waals surface area contributed by atoms with E-state index in [1.54, 1.807) is 6.20 Å². The first kappa shape index (κ1) is 23.2. The molecule has 2 saturated carbocycles. The van der Waals surface area contributed by atoms with Gasteiger partial charge in [0.05, 0.1) is 11.8 Å². The minimum absolute atomic E-state index is 0.00809. The van der Waals surface area contributed by atoms with Crippen molar-refractivity contribution in [3.05, 3.63) is 35.0 Å². The Labute approximate surface area is 201 Å². The zero-order valence-electron chi connectivity index (χ0n) is 19.1. The Kier molecular flexibility index (Phi) is 6.08. The summed E-state index contributed by atoms with van der Waals surface area (Å²) in [5.74, 6) is 1.01. The smallest absolute Gasteiger partial charge is 0.349 e. The van der Waals surface area contributed by atoms with Gasteiger partial charge in [0.15, 0.2) is 5.65 Å². The quantitative estimate of drug-likeness (QED) is 0.386. The van der Waals surface area contributed by atoms with Gasteiger partial charge in [0, 0.05) is 22.3 Å². The average molecular weight is 493 g/mol. The Morgan fingerprint density at radius 3 is 2.47 bits per heavy atom. The number of imidazole rings is 1. The Hall–Kier alpha value is -2.55. The normalized spacial score (nSPS) is 19.0. The first-order chi connectivity index (χ1) is 16.2. The van der Waals surface area contributed by atoms with E-state index in [0.717, 1.165) is 50.7 Å². The fraction of sp³-hybridized carbons (Fsp3) is 0.542. The van der Waals surface area contributed by atoms with E-state index < -0.39 is 11.7 Å². The van der Waals surface area contributed by atoms with Gasteiger partial charge in [-0.25, -0.2) is 9.97 Å². The molecule has 2 N–H and O–H groups in total. The van der Waals surface area contributed by atoms with Crippen LogP contribution in [0, 0.1) is 0 Å². The molecule has 0 bridgehead atoms. The number of fused-ring (bicyclic) bond motifs is 1. The molecule has 2 aliphatic rings. The van der Waals surface area contributed by atoms with Gasteiger partial charge < -0.3 is 10.6 Å². The van der Waals surface area contributed by atoms with Crippen LogP contribution in [-0.2, 0) is 6.18 Å². The van der Waals surface area contributed by atoms with Crippen molar-refractivity contribution in [1.82, 2.24) is 19.5 Å². The Bertz CT molecular complexity index is 1180. The highest BCUT2D eigenvalue weighted by Crippen LogP contribution is 2.38. The summed E-state index contributed by atoms with van der Waals surface area (Å²) in [6, 6.07) is 3.60. The Morgan fingerprint density at radius 2 is 1.76 bits per heavy atom. The molecule has 2 aliphatic carbocycles. The molecule has 5 rings (SSSR count). The van der Waals surface area contributed by atoms with Gasteiger partial charge in [-0.05, 0) is 50.8 Å². The van der Waals surface area contributed by atoms with E-state index in [-0.39, 0.29) is 22.3 Å². The lowest BCUT2D eigenvalue weighted by molar-refractivity contribution is -0.137. The predicted molar refractivity (Wildman–Crippen MR) is 128 cm³/mol. The monoisotopic (exact) mass is 492 g/mol. The van der Waals surface area contributed by atoms with Gasteiger partial charge in [-0.2, -0.15) is 18.2 Å². The van der Waals surface area contributed by atoms with Crippen molar-refractivity contribution in [2.45, 2.75) is 82.5 Å². The minimum atomic E-state index is -4.49. The number of nitrogens with zero attached hydrogens (tertiary/aromatic N) is 4. The summed E-state index contributed by atoms with van der Waals surface area (Å²) in [5.41, 5.74) is 0.690. The molecule has 6 nitrogen and oxygen atoms in total. The topological polar surface area (TPSA) is 67.7 Å². The summed E-state index contributed by atoms with van der Waals surface area (Å²) in [4.78, 5) is 14.0.